The molecule has 0 radical (unpaired) electrons. The van der Waals surface area contributed by atoms with Crippen molar-refractivity contribution >= 4 is 0 Å². The van der Waals surface area contributed by atoms with Crippen LogP contribution < -0.4 is 10.1 Å². The maximum atomic E-state index is 5.76. The van der Waals surface area contributed by atoms with Gasteiger partial charge >= 0.3 is 0 Å². The molecule has 2 aromatic rings. The van der Waals surface area contributed by atoms with E-state index in [2.05, 4.69) is 29.5 Å². The zero-order valence-electron chi connectivity index (χ0n) is 10.9. The van der Waals surface area contributed by atoms with Crippen LogP contribution in [-0.4, -0.2) is 16.8 Å². The summed E-state index contributed by atoms with van der Waals surface area (Å²) < 4.78 is 7.65. The second-order valence-corrected chi connectivity index (χ2v) is 4.17. The maximum Gasteiger partial charge on any atom is 0.120 e. The molecule has 0 saturated heterocycles. The van der Waals surface area contributed by atoms with Crippen LogP contribution in [0.25, 0.3) is 0 Å². The van der Waals surface area contributed by atoms with Crippen molar-refractivity contribution < 1.29 is 4.74 Å². The molecule has 0 fully saturated rings. The molecule has 1 aromatic heterocycles. The maximum absolute atomic E-state index is 5.76. The number of rotatable bonds is 6. The van der Waals surface area contributed by atoms with Crippen LogP contribution >= 0.6 is 0 Å². The fraction of sp³-hybridized carbons (Fsp3) is 0.357. The molecule has 0 aliphatic carbocycles. The van der Waals surface area contributed by atoms with E-state index in [1.54, 1.807) is 0 Å². The van der Waals surface area contributed by atoms with Gasteiger partial charge in [0.25, 0.3) is 0 Å². The molecule has 0 unspecified atom stereocenters. The third kappa shape index (κ3) is 3.34. The second-order valence-electron chi connectivity index (χ2n) is 4.17. The molecule has 1 N–H and O–H groups in total. The summed E-state index contributed by atoms with van der Waals surface area (Å²) in [5.41, 5.74) is 2.31. The summed E-state index contributed by atoms with van der Waals surface area (Å²) in [4.78, 5) is 0. The summed E-state index contributed by atoms with van der Waals surface area (Å²) in [5, 5.41) is 7.35. The van der Waals surface area contributed by atoms with Gasteiger partial charge in [0, 0.05) is 24.8 Å². The summed E-state index contributed by atoms with van der Waals surface area (Å²) in [6, 6.07) is 8.13. The lowest BCUT2D eigenvalue weighted by molar-refractivity contribution is 0.305. The second kappa shape index (κ2) is 6.21. The third-order valence-electron chi connectivity index (χ3n) is 2.70. The zero-order valence-corrected chi connectivity index (χ0v) is 10.9. The van der Waals surface area contributed by atoms with Crippen molar-refractivity contribution in [2.24, 2.45) is 0 Å². The number of ether oxygens (including phenoxy) is 1. The highest BCUT2D eigenvalue weighted by molar-refractivity contribution is 5.28. The van der Waals surface area contributed by atoms with Crippen molar-refractivity contribution in [3.63, 3.8) is 0 Å². The minimum absolute atomic E-state index is 0.559. The zero-order chi connectivity index (χ0) is 12.8. The van der Waals surface area contributed by atoms with E-state index in [4.69, 9.17) is 4.74 Å². The number of hydrogen-bond acceptors (Lipinski definition) is 3. The molecule has 0 spiro atoms. The number of aromatic nitrogens is 2. The summed E-state index contributed by atoms with van der Waals surface area (Å²) in [6.45, 7) is 4.37. The van der Waals surface area contributed by atoms with Gasteiger partial charge < -0.3 is 10.1 Å². The first kappa shape index (κ1) is 12.6. The van der Waals surface area contributed by atoms with E-state index >= 15 is 0 Å². The Bertz CT molecular complexity index is 493. The Morgan fingerprint density at radius 1 is 1.33 bits per heavy atom. The van der Waals surface area contributed by atoms with E-state index < -0.39 is 0 Å². The van der Waals surface area contributed by atoms with Crippen molar-refractivity contribution in [3.05, 3.63) is 47.8 Å². The van der Waals surface area contributed by atoms with Gasteiger partial charge in [0.05, 0.1) is 6.20 Å². The van der Waals surface area contributed by atoms with E-state index in [0.717, 1.165) is 24.4 Å². The van der Waals surface area contributed by atoms with Crippen molar-refractivity contribution in [3.8, 4) is 5.75 Å². The summed E-state index contributed by atoms with van der Waals surface area (Å²) in [6.07, 6.45) is 3.86. The standard InChI is InChI=1S/C14H19N3O/c1-3-17-10-13(9-16-17)11-18-14-6-4-5-12(7-14)8-15-2/h4-7,9-10,15H,3,8,11H2,1-2H3. The Kier molecular flexibility index (Phi) is 4.36. The van der Waals surface area contributed by atoms with Gasteiger partial charge in [-0.1, -0.05) is 12.1 Å². The van der Waals surface area contributed by atoms with Crippen molar-refractivity contribution in [2.45, 2.75) is 26.6 Å². The van der Waals surface area contributed by atoms with E-state index in [-0.39, 0.29) is 0 Å². The fourth-order valence-electron chi connectivity index (χ4n) is 1.77. The topological polar surface area (TPSA) is 39.1 Å². The predicted molar refractivity (Wildman–Crippen MR) is 71.4 cm³/mol. The first-order valence-corrected chi connectivity index (χ1v) is 6.19. The number of nitrogens with zero attached hydrogens (tertiary/aromatic N) is 2. The molecule has 4 heteroatoms. The Morgan fingerprint density at radius 2 is 2.22 bits per heavy atom. The monoisotopic (exact) mass is 245 g/mol. The average molecular weight is 245 g/mol. The number of hydrogen-bond donors (Lipinski definition) is 1. The molecule has 0 amide bonds. The van der Waals surface area contributed by atoms with Crippen LogP contribution in [0, 0.1) is 0 Å². The summed E-state index contributed by atoms with van der Waals surface area (Å²) in [7, 11) is 1.94. The van der Waals surface area contributed by atoms with Crippen LogP contribution in [0.5, 0.6) is 5.75 Å². The Labute approximate surface area is 108 Å². The van der Waals surface area contributed by atoms with Gasteiger partial charge in [-0.3, -0.25) is 4.68 Å². The molecule has 96 valence electrons. The van der Waals surface area contributed by atoms with Gasteiger partial charge in [0.1, 0.15) is 12.4 Å². The molecular formula is C14H19N3O. The van der Waals surface area contributed by atoms with Gasteiger partial charge in [-0.05, 0) is 31.7 Å². The fourth-order valence-corrected chi connectivity index (χ4v) is 1.77. The van der Waals surface area contributed by atoms with Gasteiger partial charge in [0.2, 0.25) is 0 Å². The van der Waals surface area contributed by atoms with Crippen LogP contribution in [-0.2, 0) is 19.7 Å². The lowest BCUT2D eigenvalue weighted by Crippen LogP contribution is -2.05. The van der Waals surface area contributed by atoms with Crippen molar-refractivity contribution in [1.82, 2.24) is 15.1 Å². The minimum Gasteiger partial charge on any atom is -0.489 e. The van der Waals surface area contributed by atoms with E-state index in [9.17, 15) is 0 Å². The third-order valence-corrected chi connectivity index (χ3v) is 2.70. The lowest BCUT2D eigenvalue weighted by atomic mass is 10.2. The highest BCUT2D eigenvalue weighted by atomic mass is 16.5. The normalized spacial score (nSPS) is 10.6. The largest absolute Gasteiger partial charge is 0.489 e. The van der Waals surface area contributed by atoms with Crippen LogP contribution in [0.15, 0.2) is 36.7 Å². The molecule has 2 rings (SSSR count). The number of benzene rings is 1. The first-order valence-electron chi connectivity index (χ1n) is 6.19. The molecule has 0 aliphatic heterocycles. The van der Waals surface area contributed by atoms with Crippen molar-refractivity contribution in [1.29, 1.82) is 0 Å². The predicted octanol–water partition coefficient (Wildman–Crippen LogP) is 2.20. The molecule has 1 heterocycles. The summed E-state index contributed by atoms with van der Waals surface area (Å²) in [5.74, 6) is 0.895. The minimum atomic E-state index is 0.559. The van der Waals surface area contributed by atoms with Gasteiger partial charge in [-0.15, -0.1) is 0 Å². The van der Waals surface area contributed by atoms with E-state index in [1.165, 1.54) is 5.56 Å². The number of nitrogens with one attached hydrogen (secondary N) is 1. The molecule has 0 atom stereocenters. The van der Waals surface area contributed by atoms with E-state index in [0.29, 0.717) is 6.61 Å². The molecular weight excluding hydrogens is 226 g/mol. The molecule has 18 heavy (non-hydrogen) atoms. The molecule has 1 aromatic carbocycles. The van der Waals surface area contributed by atoms with Crippen molar-refractivity contribution in [2.75, 3.05) is 7.05 Å². The van der Waals surface area contributed by atoms with Crippen LogP contribution in [0.1, 0.15) is 18.1 Å². The van der Waals surface area contributed by atoms with Crippen LogP contribution in [0.4, 0.5) is 0 Å². The smallest absolute Gasteiger partial charge is 0.120 e. The van der Waals surface area contributed by atoms with Gasteiger partial charge in [-0.2, -0.15) is 5.10 Å². The molecule has 0 saturated carbocycles. The Morgan fingerprint density at radius 3 is 2.94 bits per heavy atom. The van der Waals surface area contributed by atoms with Crippen LogP contribution in [0.3, 0.4) is 0 Å². The molecule has 4 nitrogen and oxygen atoms in total. The van der Waals surface area contributed by atoms with Gasteiger partial charge in [-0.25, -0.2) is 0 Å². The molecule has 0 bridgehead atoms. The Balaban J connectivity index is 1.94. The number of aryl methyl sites for hydroxylation is 1. The highest BCUT2D eigenvalue weighted by Crippen LogP contribution is 2.15. The van der Waals surface area contributed by atoms with E-state index in [1.807, 2.05) is 36.3 Å². The first-order chi connectivity index (χ1) is 8.81. The highest BCUT2D eigenvalue weighted by Gasteiger charge is 2.00. The molecule has 0 aliphatic rings. The average Bonchev–Trinajstić information content (AvgIpc) is 2.85. The quantitative estimate of drug-likeness (QED) is 0.848. The SMILES string of the molecule is CCn1cc(COc2cccc(CNC)c2)cn1. The Hall–Kier alpha value is -1.81. The van der Waals surface area contributed by atoms with Gasteiger partial charge in [0.15, 0.2) is 0 Å². The van der Waals surface area contributed by atoms with Crippen LogP contribution in [0.2, 0.25) is 0 Å². The summed E-state index contributed by atoms with van der Waals surface area (Å²) >= 11 is 0. The lowest BCUT2D eigenvalue weighted by Gasteiger charge is -2.06.